The lowest BCUT2D eigenvalue weighted by Gasteiger charge is -2.24. The van der Waals surface area contributed by atoms with Crippen LogP contribution in [-0.2, 0) is 4.79 Å². The van der Waals surface area contributed by atoms with Gasteiger partial charge in [0.1, 0.15) is 0 Å². The molecule has 0 aromatic rings. The molecule has 0 radical (unpaired) electrons. The Labute approximate surface area is 83.6 Å². The second-order valence-corrected chi connectivity index (χ2v) is 4.03. The summed E-state index contributed by atoms with van der Waals surface area (Å²) >= 11 is 0. The molecule has 0 aromatic heterocycles. The number of nitrogens with one attached hydrogen (secondary N) is 1. The Morgan fingerprint density at radius 1 is 1.57 bits per heavy atom. The van der Waals surface area contributed by atoms with Gasteiger partial charge in [-0.1, -0.05) is 0 Å². The third-order valence-corrected chi connectivity index (χ3v) is 2.98. The molecule has 14 heavy (non-hydrogen) atoms. The molecule has 4 heteroatoms. The first-order chi connectivity index (χ1) is 6.68. The number of likely N-dealkylation sites (tertiary alicyclic amines) is 1. The van der Waals surface area contributed by atoms with Gasteiger partial charge >= 0.3 is 0 Å². The Kier molecular flexibility index (Phi) is 2.56. The SMILES string of the molecule is CC(C(=O)N1CC[C@@H](O)C1)=C1CNC1. The molecule has 0 unspecified atom stereocenters. The van der Waals surface area contributed by atoms with Crippen molar-refractivity contribution in [2.75, 3.05) is 26.2 Å². The lowest BCUT2D eigenvalue weighted by Crippen LogP contribution is -2.38. The van der Waals surface area contributed by atoms with Crippen LogP contribution < -0.4 is 5.32 Å². The van der Waals surface area contributed by atoms with Crippen LogP contribution in [0.1, 0.15) is 13.3 Å². The van der Waals surface area contributed by atoms with Crippen LogP contribution in [0.5, 0.6) is 0 Å². The van der Waals surface area contributed by atoms with Gasteiger partial charge in [-0.2, -0.15) is 0 Å². The summed E-state index contributed by atoms with van der Waals surface area (Å²) in [5, 5.41) is 12.4. The van der Waals surface area contributed by atoms with Crippen LogP contribution in [-0.4, -0.2) is 48.2 Å². The van der Waals surface area contributed by atoms with Crippen LogP contribution in [0.4, 0.5) is 0 Å². The molecule has 1 amide bonds. The zero-order valence-corrected chi connectivity index (χ0v) is 8.42. The Bertz CT molecular complexity index is 280. The summed E-state index contributed by atoms with van der Waals surface area (Å²) < 4.78 is 0. The maximum absolute atomic E-state index is 11.9. The van der Waals surface area contributed by atoms with E-state index in [1.165, 1.54) is 5.57 Å². The molecule has 2 fully saturated rings. The van der Waals surface area contributed by atoms with Crippen LogP contribution in [0.3, 0.4) is 0 Å². The maximum Gasteiger partial charge on any atom is 0.249 e. The molecule has 2 aliphatic rings. The zero-order valence-electron chi connectivity index (χ0n) is 8.42. The monoisotopic (exact) mass is 196 g/mol. The molecule has 0 aliphatic carbocycles. The van der Waals surface area contributed by atoms with Crippen molar-refractivity contribution in [1.82, 2.24) is 10.2 Å². The molecule has 0 aromatic carbocycles. The van der Waals surface area contributed by atoms with Crippen LogP contribution in [0.15, 0.2) is 11.1 Å². The van der Waals surface area contributed by atoms with Gasteiger partial charge in [-0.3, -0.25) is 4.79 Å². The minimum absolute atomic E-state index is 0.0954. The van der Waals surface area contributed by atoms with E-state index in [0.717, 1.165) is 18.7 Å². The van der Waals surface area contributed by atoms with E-state index in [4.69, 9.17) is 0 Å². The summed E-state index contributed by atoms with van der Waals surface area (Å²) in [4.78, 5) is 13.6. The lowest BCUT2D eigenvalue weighted by molar-refractivity contribution is -0.126. The van der Waals surface area contributed by atoms with E-state index in [9.17, 15) is 9.90 Å². The van der Waals surface area contributed by atoms with Gasteiger partial charge in [-0.25, -0.2) is 0 Å². The number of hydrogen-bond donors (Lipinski definition) is 2. The highest BCUT2D eigenvalue weighted by Crippen LogP contribution is 2.16. The van der Waals surface area contributed by atoms with Crippen molar-refractivity contribution in [3.8, 4) is 0 Å². The van der Waals surface area contributed by atoms with E-state index in [1.807, 2.05) is 6.92 Å². The number of rotatable bonds is 1. The van der Waals surface area contributed by atoms with E-state index in [0.29, 0.717) is 19.5 Å². The van der Waals surface area contributed by atoms with E-state index >= 15 is 0 Å². The van der Waals surface area contributed by atoms with Gasteiger partial charge in [0.05, 0.1) is 6.10 Å². The predicted molar refractivity (Wildman–Crippen MR) is 52.8 cm³/mol. The second-order valence-electron chi connectivity index (χ2n) is 4.03. The number of carbonyl (C=O) groups excluding carboxylic acids is 1. The van der Waals surface area contributed by atoms with Crippen molar-refractivity contribution in [1.29, 1.82) is 0 Å². The smallest absolute Gasteiger partial charge is 0.249 e. The minimum atomic E-state index is -0.323. The van der Waals surface area contributed by atoms with Gasteiger partial charge in [0.15, 0.2) is 0 Å². The molecule has 2 heterocycles. The predicted octanol–water partition coefficient (Wildman–Crippen LogP) is -0.501. The number of β-amino-alcohol motifs (C(OH)–C–C–N with tert-alkyl or cyclic N) is 1. The molecule has 4 nitrogen and oxygen atoms in total. The quantitative estimate of drug-likeness (QED) is 0.556. The number of amides is 1. The number of aliphatic hydroxyl groups is 1. The van der Waals surface area contributed by atoms with Gasteiger partial charge < -0.3 is 15.3 Å². The van der Waals surface area contributed by atoms with Crippen molar-refractivity contribution in [2.45, 2.75) is 19.4 Å². The Morgan fingerprint density at radius 3 is 2.71 bits per heavy atom. The summed E-state index contributed by atoms with van der Waals surface area (Å²) in [6.07, 6.45) is 0.392. The third-order valence-electron chi connectivity index (χ3n) is 2.98. The first-order valence-electron chi connectivity index (χ1n) is 5.05. The molecule has 0 spiro atoms. The number of nitrogens with zero attached hydrogens (tertiary/aromatic N) is 1. The molecule has 78 valence electrons. The number of aliphatic hydroxyl groups excluding tert-OH is 1. The summed E-state index contributed by atoms with van der Waals surface area (Å²) in [5.74, 6) is 0.0954. The highest BCUT2D eigenvalue weighted by molar-refractivity contribution is 5.94. The average molecular weight is 196 g/mol. The Morgan fingerprint density at radius 2 is 2.29 bits per heavy atom. The highest BCUT2D eigenvalue weighted by atomic mass is 16.3. The van der Waals surface area contributed by atoms with E-state index in [2.05, 4.69) is 5.32 Å². The lowest BCUT2D eigenvalue weighted by atomic mass is 10.0. The van der Waals surface area contributed by atoms with Gasteiger partial charge in [0, 0.05) is 31.8 Å². The maximum atomic E-state index is 11.9. The number of hydrogen-bond acceptors (Lipinski definition) is 3. The topological polar surface area (TPSA) is 52.6 Å². The van der Waals surface area contributed by atoms with Gasteiger partial charge in [-0.05, 0) is 18.9 Å². The van der Waals surface area contributed by atoms with Crippen molar-refractivity contribution in [2.24, 2.45) is 0 Å². The molecule has 1 atom stereocenters. The summed E-state index contributed by atoms with van der Waals surface area (Å²) in [6.45, 7) is 4.75. The van der Waals surface area contributed by atoms with Crippen molar-refractivity contribution < 1.29 is 9.90 Å². The molecule has 2 saturated heterocycles. The first kappa shape index (κ1) is 9.68. The van der Waals surface area contributed by atoms with Crippen LogP contribution in [0.25, 0.3) is 0 Å². The summed E-state index contributed by atoms with van der Waals surface area (Å²) in [5.41, 5.74) is 2.06. The fraction of sp³-hybridized carbons (Fsp3) is 0.700. The molecule has 0 bridgehead atoms. The van der Waals surface area contributed by atoms with E-state index in [-0.39, 0.29) is 12.0 Å². The van der Waals surface area contributed by atoms with Crippen LogP contribution in [0.2, 0.25) is 0 Å². The molecule has 2 aliphatic heterocycles. The Hall–Kier alpha value is -0.870. The normalized spacial score (nSPS) is 26.3. The van der Waals surface area contributed by atoms with E-state index in [1.54, 1.807) is 4.90 Å². The van der Waals surface area contributed by atoms with Crippen LogP contribution in [0, 0.1) is 0 Å². The third kappa shape index (κ3) is 1.67. The zero-order chi connectivity index (χ0) is 10.1. The molecular weight excluding hydrogens is 180 g/mol. The second kappa shape index (κ2) is 3.71. The van der Waals surface area contributed by atoms with Gasteiger partial charge in [-0.15, -0.1) is 0 Å². The van der Waals surface area contributed by atoms with Crippen molar-refractivity contribution in [3.05, 3.63) is 11.1 Å². The summed E-state index contributed by atoms with van der Waals surface area (Å²) in [7, 11) is 0. The highest BCUT2D eigenvalue weighted by Gasteiger charge is 2.27. The fourth-order valence-corrected chi connectivity index (χ4v) is 1.83. The average Bonchev–Trinajstić information content (AvgIpc) is 2.47. The minimum Gasteiger partial charge on any atom is -0.391 e. The molecular formula is C10H16N2O2. The number of carbonyl (C=O) groups is 1. The largest absolute Gasteiger partial charge is 0.391 e. The van der Waals surface area contributed by atoms with E-state index < -0.39 is 0 Å². The standard InChI is InChI=1S/C10H16N2O2/c1-7(8-4-11-5-8)10(14)12-3-2-9(13)6-12/h9,11,13H,2-6H2,1H3/t9-/m1/s1. The molecule has 2 N–H and O–H groups in total. The Balaban J connectivity index is 2.01. The molecule has 2 rings (SSSR count). The summed E-state index contributed by atoms with van der Waals surface area (Å²) in [6, 6.07) is 0. The first-order valence-corrected chi connectivity index (χ1v) is 5.05. The van der Waals surface area contributed by atoms with Gasteiger partial charge in [0.25, 0.3) is 0 Å². The van der Waals surface area contributed by atoms with Gasteiger partial charge in [0.2, 0.25) is 5.91 Å². The fourth-order valence-electron chi connectivity index (χ4n) is 1.83. The van der Waals surface area contributed by atoms with Crippen molar-refractivity contribution >= 4 is 5.91 Å². The molecule has 0 saturated carbocycles. The van der Waals surface area contributed by atoms with Crippen LogP contribution >= 0.6 is 0 Å². The van der Waals surface area contributed by atoms with Crippen molar-refractivity contribution in [3.63, 3.8) is 0 Å².